The van der Waals surface area contributed by atoms with Crippen LogP contribution in [-0.4, -0.2) is 15.7 Å². The van der Waals surface area contributed by atoms with Gasteiger partial charge in [0.25, 0.3) is 5.69 Å². The van der Waals surface area contributed by atoms with Crippen molar-refractivity contribution >= 4 is 22.4 Å². The molecule has 2 aliphatic carbocycles. The summed E-state index contributed by atoms with van der Waals surface area (Å²) in [4.78, 5) is 26.3. The Labute approximate surface area is 115 Å². The quantitative estimate of drug-likeness (QED) is 0.528. The lowest BCUT2D eigenvalue weighted by Gasteiger charge is -2.09. The molecule has 0 bridgehead atoms. The fraction of sp³-hybridized carbons (Fsp3) is 0.400. The second kappa shape index (κ2) is 3.91. The van der Waals surface area contributed by atoms with Crippen molar-refractivity contribution in [1.82, 2.24) is 4.98 Å². The zero-order chi connectivity index (χ0) is 13.9. The van der Waals surface area contributed by atoms with E-state index in [1.165, 1.54) is 12.5 Å². The molecule has 1 heterocycles. The van der Waals surface area contributed by atoms with E-state index in [2.05, 4.69) is 4.98 Å². The molecule has 0 saturated heterocycles. The molecule has 1 aromatic carbocycles. The molecular weight excluding hydrogens is 256 g/mol. The summed E-state index contributed by atoms with van der Waals surface area (Å²) in [5, 5.41) is 11.6. The molecule has 102 valence electrons. The number of fused-ring (bicyclic) bond motifs is 2. The number of H-pyrrole nitrogens is 1. The Morgan fingerprint density at radius 1 is 1.25 bits per heavy atom. The van der Waals surface area contributed by atoms with Gasteiger partial charge in [0.2, 0.25) is 0 Å². The molecule has 0 radical (unpaired) electrons. The lowest BCUT2D eigenvalue weighted by molar-refractivity contribution is -0.383. The first-order valence-electron chi connectivity index (χ1n) is 6.94. The molecule has 2 aliphatic rings. The van der Waals surface area contributed by atoms with Gasteiger partial charge in [-0.2, -0.15) is 0 Å². The average Bonchev–Trinajstić information content (AvgIpc) is 2.89. The third-order valence-electron chi connectivity index (χ3n) is 4.76. The van der Waals surface area contributed by atoms with Crippen LogP contribution in [0, 0.1) is 27.9 Å². The van der Waals surface area contributed by atoms with E-state index in [1.54, 1.807) is 18.3 Å². The second-order valence-corrected chi connectivity index (χ2v) is 5.95. The molecule has 2 atom stereocenters. The zero-order valence-corrected chi connectivity index (χ0v) is 10.8. The number of nitro groups is 1. The van der Waals surface area contributed by atoms with Gasteiger partial charge in [0.1, 0.15) is 0 Å². The van der Waals surface area contributed by atoms with Crippen molar-refractivity contribution in [3.05, 3.63) is 40.1 Å². The number of benzene rings is 1. The molecular formula is C15H14N2O3. The van der Waals surface area contributed by atoms with Crippen molar-refractivity contribution < 1.29 is 9.72 Å². The summed E-state index contributed by atoms with van der Waals surface area (Å²) >= 11 is 0. The number of Topliss-reactive ketones (excluding diaryl/α,β-unsaturated/α-hetero) is 1. The lowest BCUT2D eigenvalue weighted by atomic mass is 9.93. The summed E-state index contributed by atoms with van der Waals surface area (Å²) in [6.07, 6.45) is 4.80. The number of aromatic nitrogens is 1. The minimum atomic E-state index is -0.418. The van der Waals surface area contributed by atoms with Gasteiger partial charge in [-0.05, 0) is 37.2 Å². The number of nitrogens with one attached hydrogen (secondary N) is 1. The van der Waals surface area contributed by atoms with E-state index in [4.69, 9.17) is 0 Å². The average molecular weight is 270 g/mol. The highest BCUT2D eigenvalue weighted by atomic mass is 16.6. The molecule has 1 aromatic heterocycles. The van der Waals surface area contributed by atoms with Crippen LogP contribution < -0.4 is 0 Å². The van der Waals surface area contributed by atoms with E-state index in [0.717, 1.165) is 24.7 Å². The molecule has 5 heteroatoms. The summed E-state index contributed by atoms with van der Waals surface area (Å²) < 4.78 is 0. The Balaban J connectivity index is 1.79. The monoisotopic (exact) mass is 270 g/mol. The van der Waals surface area contributed by atoms with E-state index in [9.17, 15) is 14.9 Å². The van der Waals surface area contributed by atoms with Crippen LogP contribution in [0.25, 0.3) is 10.9 Å². The molecule has 2 saturated carbocycles. The molecule has 2 aromatic rings. The third kappa shape index (κ3) is 1.59. The summed E-state index contributed by atoms with van der Waals surface area (Å²) in [5.41, 5.74) is 1.15. The van der Waals surface area contributed by atoms with Crippen LogP contribution in [0.4, 0.5) is 5.69 Å². The Bertz CT molecular complexity index is 724. The van der Waals surface area contributed by atoms with Crippen molar-refractivity contribution in [3.63, 3.8) is 0 Å². The highest BCUT2D eigenvalue weighted by Crippen LogP contribution is 2.55. The number of nitro benzene ring substituents is 1. The van der Waals surface area contributed by atoms with Gasteiger partial charge < -0.3 is 4.98 Å². The number of aromatic amines is 1. The first-order valence-corrected chi connectivity index (χ1v) is 6.94. The number of carbonyl (C=O) groups is 1. The molecule has 5 nitrogen and oxygen atoms in total. The van der Waals surface area contributed by atoms with E-state index < -0.39 is 4.92 Å². The van der Waals surface area contributed by atoms with Crippen LogP contribution in [0.1, 0.15) is 29.6 Å². The number of hydrogen-bond acceptors (Lipinski definition) is 3. The molecule has 0 spiro atoms. The third-order valence-corrected chi connectivity index (χ3v) is 4.76. The molecule has 20 heavy (non-hydrogen) atoms. The van der Waals surface area contributed by atoms with Crippen molar-refractivity contribution in [2.24, 2.45) is 17.8 Å². The maximum Gasteiger partial charge on any atom is 0.279 e. The van der Waals surface area contributed by atoms with Crippen LogP contribution in [0.15, 0.2) is 24.4 Å². The van der Waals surface area contributed by atoms with Gasteiger partial charge in [-0.15, -0.1) is 0 Å². The molecule has 4 rings (SSSR count). The number of carbonyl (C=O) groups excluding carboxylic acids is 1. The van der Waals surface area contributed by atoms with E-state index in [-0.39, 0.29) is 17.4 Å². The normalized spacial score (nSPS) is 27.5. The number of non-ortho nitro benzene ring substituents is 1. The van der Waals surface area contributed by atoms with Gasteiger partial charge in [0.05, 0.1) is 21.4 Å². The van der Waals surface area contributed by atoms with E-state index >= 15 is 0 Å². The maximum atomic E-state index is 12.6. The highest BCUT2D eigenvalue weighted by Gasteiger charge is 2.48. The summed E-state index contributed by atoms with van der Waals surface area (Å²) in [5.74, 6) is 1.57. The van der Waals surface area contributed by atoms with E-state index in [0.29, 0.717) is 16.5 Å². The van der Waals surface area contributed by atoms with Crippen LogP contribution in [-0.2, 0) is 0 Å². The topological polar surface area (TPSA) is 76.0 Å². The van der Waals surface area contributed by atoms with E-state index in [1.807, 2.05) is 0 Å². The standard InChI is InChI=1S/C15H14N2O3/c18-15(10-5-8-4-9(8)6-10)11-7-16-12-2-1-3-13(14(11)12)17(19)20/h1-3,7-10,16H,4-6H2. The summed E-state index contributed by atoms with van der Waals surface area (Å²) in [7, 11) is 0. The predicted molar refractivity (Wildman–Crippen MR) is 73.6 cm³/mol. The minimum Gasteiger partial charge on any atom is -0.360 e. The molecule has 0 aliphatic heterocycles. The summed E-state index contributed by atoms with van der Waals surface area (Å²) in [6.45, 7) is 0. The fourth-order valence-electron chi connectivity index (χ4n) is 3.66. The number of ketones is 1. The fourth-order valence-corrected chi connectivity index (χ4v) is 3.66. The smallest absolute Gasteiger partial charge is 0.279 e. The van der Waals surface area contributed by atoms with Gasteiger partial charge in [-0.3, -0.25) is 14.9 Å². The minimum absolute atomic E-state index is 0.00950. The Morgan fingerprint density at radius 2 is 2.00 bits per heavy atom. The van der Waals surface area contributed by atoms with Crippen LogP contribution in [0.3, 0.4) is 0 Å². The molecule has 2 fully saturated rings. The number of nitrogens with zero attached hydrogens (tertiary/aromatic N) is 1. The SMILES string of the molecule is O=C(c1c[nH]c2cccc([N+](=O)[O-])c12)C1CC2CC2C1. The first-order chi connectivity index (χ1) is 9.65. The summed E-state index contributed by atoms with van der Waals surface area (Å²) in [6, 6.07) is 4.86. The van der Waals surface area contributed by atoms with Crippen molar-refractivity contribution in [1.29, 1.82) is 0 Å². The lowest BCUT2D eigenvalue weighted by Crippen LogP contribution is -2.12. The Kier molecular flexibility index (Phi) is 2.28. The van der Waals surface area contributed by atoms with Crippen LogP contribution in [0.5, 0.6) is 0 Å². The van der Waals surface area contributed by atoms with Gasteiger partial charge in [-0.25, -0.2) is 0 Å². The Morgan fingerprint density at radius 3 is 2.70 bits per heavy atom. The number of rotatable bonds is 3. The van der Waals surface area contributed by atoms with Gasteiger partial charge in [0.15, 0.2) is 5.78 Å². The van der Waals surface area contributed by atoms with Gasteiger partial charge in [-0.1, -0.05) is 6.07 Å². The van der Waals surface area contributed by atoms with Crippen LogP contribution in [0.2, 0.25) is 0 Å². The predicted octanol–water partition coefficient (Wildman–Crippen LogP) is 3.30. The van der Waals surface area contributed by atoms with Crippen molar-refractivity contribution in [3.8, 4) is 0 Å². The van der Waals surface area contributed by atoms with Crippen LogP contribution >= 0.6 is 0 Å². The first kappa shape index (κ1) is 11.6. The van der Waals surface area contributed by atoms with Gasteiger partial charge in [0, 0.05) is 18.2 Å². The zero-order valence-electron chi connectivity index (χ0n) is 10.8. The molecule has 0 amide bonds. The van der Waals surface area contributed by atoms with Crippen molar-refractivity contribution in [2.75, 3.05) is 0 Å². The largest absolute Gasteiger partial charge is 0.360 e. The number of hydrogen-bond donors (Lipinski definition) is 1. The molecule has 2 unspecified atom stereocenters. The highest BCUT2D eigenvalue weighted by molar-refractivity contribution is 6.11. The Hall–Kier alpha value is -2.17. The maximum absolute atomic E-state index is 12.6. The van der Waals surface area contributed by atoms with Crippen molar-refractivity contribution in [2.45, 2.75) is 19.3 Å². The second-order valence-electron chi connectivity index (χ2n) is 5.95. The molecule has 1 N–H and O–H groups in total. The van der Waals surface area contributed by atoms with Gasteiger partial charge >= 0.3 is 0 Å².